The van der Waals surface area contributed by atoms with Crippen LogP contribution in [0.4, 0.5) is 5.69 Å². The number of anilines is 1. The van der Waals surface area contributed by atoms with Gasteiger partial charge < -0.3 is 15.0 Å². The third-order valence-corrected chi connectivity index (χ3v) is 2.44. The summed E-state index contributed by atoms with van der Waals surface area (Å²) in [6, 6.07) is 4.15. The molecular formula is C12H21N3O. The van der Waals surface area contributed by atoms with Gasteiger partial charge in [0.2, 0.25) is 0 Å². The van der Waals surface area contributed by atoms with E-state index in [1.165, 1.54) is 5.69 Å². The largest absolute Gasteiger partial charge is 0.385 e. The van der Waals surface area contributed by atoms with Crippen LogP contribution in [-0.2, 0) is 11.3 Å². The lowest BCUT2D eigenvalue weighted by atomic mass is 10.3. The Morgan fingerprint density at radius 3 is 3.00 bits per heavy atom. The van der Waals surface area contributed by atoms with Gasteiger partial charge in [0.15, 0.2) is 0 Å². The first-order valence-electron chi connectivity index (χ1n) is 5.57. The average Bonchev–Trinajstić information content (AvgIpc) is 2.30. The molecule has 1 heterocycles. The van der Waals surface area contributed by atoms with Crippen molar-refractivity contribution in [2.75, 3.05) is 39.3 Å². The van der Waals surface area contributed by atoms with Crippen molar-refractivity contribution in [2.24, 2.45) is 0 Å². The van der Waals surface area contributed by atoms with Gasteiger partial charge in [-0.15, -0.1) is 0 Å². The summed E-state index contributed by atoms with van der Waals surface area (Å²) in [6.45, 7) is 2.61. The first-order valence-corrected chi connectivity index (χ1v) is 5.57. The van der Waals surface area contributed by atoms with E-state index in [9.17, 15) is 0 Å². The van der Waals surface area contributed by atoms with E-state index in [1.54, 1.807) is 7.11 Å². The topological polar surface area (TPSA) is 37.4 Å². The van der Waals surface area contributed by atoms with Crippen LogP contribution >= 0.6 is 0 Å². The molecule has 0 bridgehead atoms. The number of nitrogens with one attached hydrogen (secondary N) is 1. The van der Waals surface area contributed by atoms with Gasteiger partial charge in [-0.2, -0.15) is 0 Å². The summed E-state index contributed by atoms with van der Waals surface area (Å²) in [4.78, 5) is 6.52. The van der Waals surface area contributed by atoms with Gasteiger partial charge in [0.25, 0.3) is 0 Å². The van der Waals surface area contributed by atoms with E-state index in [2.05, 4.69) is 28.3 Å². The quantitative estimate of drug-likeness (QED) is 0.706. The second-order valence-corrected chi connectivity index (χ2v) is 3.80. The lowest BCUT2D eigenvalue weighted by molar-refractivity contribution is 0.196. The molecule has 0 radical (unpaired) electrons. The van der Waals surface area contributed by atoms with Crippen LogP contribution in [0.15, 0.2) is 18.3 Å². The van der Waals surface area contributed by atoms with Gasteiger partial charge in [-0.3, -0.25) is 4.98 Å². The Morgan fingerprint density at radius 2 is 2.31 bits per heavy atom. The summed E-state index contributed by atoms with van der Waals surface area (Å²) in [7, 11) is 5.75. The third kappa shape index (κ3) is 4.16. The van der Waals surface area contributed by atoms with Gasteiger partial charge in [0.1, 0.15) is 0 Å². The van der Waals surface area contributed by atoms with Crippen molar-refractivity contribution in [2.45, 2.75) is 13.0 Å². The summed E-state index contributed by atoms with van der Waals surface area (Å²) in [5, 5.41) is 3.10. The van der Waals surface area contributed by atoms with Gasteiger partial charge >= 0.3 is 0 Å². The lowest BCUT2D eigenvalue weighted by Crippen LogP contribution is -2.20. The van der Waals surface area contributed by atoms with Crippen molar-refractivity contribution in [3.8, 4) is 0 Å². The molecule has 0 aliphatic heterocycles. The normalized spacial score (nSPS) is 10.4. The van der Waals surface area contributed by atoms with Crippen molar-refractivity contribution < 1.29 is 4.74 Å². The summed E-state index contributed by atoms with van der Waals surface area (Å²) in [6.07, 6.45) is 2.89. The van der Waals surface area contributed by atoms with Crippen LogP contribution in [-0.4, -0.2) is 39.3 Å². The zero-order valence-electron chi connectivity index (χ0n) is 10.4. The van der Waals surface area contributed by atoms with Crippen LogP contribution in [0.5, 0.6) is 0 Å². The van der Waals surface area contributed by atoms with Crippen LogP contribution < -0.4 is 10.2 Å². The zero-order chi connectivity index (χ0) is 11.8. The number of nitrogens with zero attached hydrogens (tertiary/aromatic N) is 2. The molecule has 0 atom stereocenters. The van der Waals surface area contributed by atoms with Crippen LogP contribution in [0.2, 0.25) is 0 Å². The van der Waals surface area contributed by atoms with E-state index in [-0.39, 0.29) is 0 Å². The fourth-order valence-electron chi connectivity index (χ4n) is 1.56. The highest BCUT2D eigenvalue weighted by molar-refractivity contribution is 5.45. The Hall–Kier alpha value is -1.13. The number of hydrogen-bond acceptors (Lipinski definition) is 4. The fraction of sp³-hybridized carbons (Fsp3) is 0.583. The van der Waals surface area contributed by atoms with E-state index in [1.807, 2.05) is 19.3 Å². The molecule has 1 aromatic rings. The molecule has 0 saturated carbocycles. The molecule has 1 aromatic heterocycles. The van der Waals surface area contributed by atoms with Gasteiger partial charge in [0.05, 0.1) is 5.69 Å². The molecule has 90 valence electrons. The molecule has 0 amide bonds. The van der Waals surface area contributed by atoms with Crippen molar-refractivity contribution in [3.05, 3.63) is 24.0 Å². The Balaban J connectivity index is 2.53. The number of methoxy groups -OCH3 is 1. The Kier molecular flexibility index (Phi) is 5.82. The minimum atomic E-state index is 0.804. The molecule has 0 aromatic carbocycles. The molecule has 0 unspecified atom stereocenters. The molecule has 16 heavy (non-hydrogen) atoms. The molecule has 0 saturated heterocycles. The van der Waals surface area contributed by atoms with Gasteiger partial charge in [-0.05, 0) is 25.6 Å². The van der Waals surface area contributed by atoms with Gasteiger partial charge in [-0.25, -0.2) is 0 Å². The summed E-state index contributed by atoms with van der Waals surface area (Å²) in [5.41, 5.74) is 2.27. The molecule has 0 aliphatic carbocycles. The van der Waals surface area contributed by atoms with Crippen LogP contribution in [0.25, 0.3) is 0 Å². The Morgan fingerprint density at radius 1 is 1.50 bits per heavy atom. The SMILES string of the molecule is CNCc1cc(N(C)CCCOC)ccn1. The molecule has 4 heteroatoms. The molecule has 1 rings (SSSR count). The van der Waals surface area contributed by atoms with Gasteiger partial charge in [-0.1, -0.05) is 0 Å². The zero-order valence-corrected chi connectivity index (χ0v) is 10.4. The summed E-state index contributed by atoms with van der Waals surface area (Å²) < 4.78 is 5.04. The van der Waals surface area contributed by atoms with Crippen molar-refractivity contribution in [1.29, 1.82) is 0 Å². The predicted octanol–water partition coefficient (Wildman–Crippen LogP) is 1.27. The monoisotopic (exact) mass is 223 g/mol. The number of hydrogen-bond donors (Lipinski definition) is 1. The highest BCUT2D eigenvalue weighted by Gasteiger charge is 2.02. The maximum absolute atomic E-state index is 5.04. The average molecular weight is 223 g/mol. The van der Waals surface area contributed by atoms with E-state index in [0.717, 1.165) is 31.8 Å². The molecule has 4 nitrogen and oxygen atoms in total. The predicted molar refractivity (Wildman–Crippen MR) is 66.8 cm³/mol. The number of ether oxygens (including phenoxy) is 1. The molecule has 1 N–H and O–H groups in total. The van der Waals surface area contributed by atoms with E-state index in [4.69, 9.17) is 4.74 Å². The van der Waals surface area contributed by atoms with Crippen molar-refractivity contribution >= 4 is 5.69 Å². The second kappa shape index (κ2) is 7.19. The van der Waals surface area contributed by atoms with Gasteiger partial charge in [0, 0.05) is 45.7 Å². The Labute approximate surface area is 97.6 Å². The van der Waals surface area contributed by atoms with Crippen LogP contribution in [0.1, 0.15) is 12.1 Å². The Bertz CT molecular complexity index is 304. The summed E-state index contributed by atoms with van der Waals surface area (Å²) >= 11 is 0. The van der Waals surface area contributed by atoms with E-state index in [0.29, 0.717) is 0 Å². The maximum Gasteiger partial charge on any atom is 0.0562 e. The van der Waals surface area contributed by atoms with Crippen molar-refractivity contribution in [3.63, 3.8) is 0 Å². The summed E-state index contributed by atoms with van der Waals surface area (Å²) in [5.74, 6) is 0. The highest BCUT2D eigenvalue weighted by atomic mass is 16.5. The third-order valence-electron chi connectivity index (χ3n) is 2.44. The second-order valence-electron chi connectivity index (χ2n) is 3.80. The highest BCUT2D eigenvalue weighted by Crippen LogP contribution is 2.12. The smallest absolute Gasteiger partial charge is 0.0562 e. The minimum absolute atomic E-state index is 0.804. The van der Waals surface area contributed by atoms with E-state index < -0.39 is 0 Å². The number of pyridine rings is 1. The van der Waals surface area contributed by atoms with Crippen LogP contribution in [0.3, 0.4) is 0 Å². The molecule has 0 fully saturated rings. The minimum Gasteiger partial charge on any atom is -0.385 e. The fourth-order valence-corrected chi connectivity index (χ4v) is 1.56. The first kappa shape index (κ1) is 12.9. The molecule has 0 spiro atoms. The maximum atomic E-state index is 5.04. The lowest BCUT2D eigenvalue weighted by Gasteiger charge is -2.19. The first-order chi connectivity index (χ1) is 7.77. The van der Waals surface area contributed by atoms with E-state index >= 15 is 0 Å². The van der Waals surface area contributed by atoms with Crippen molar-refractivity contribution in [1.82, 2.24) is 10.3 Å². The van der Waals surface area contributed by atoms with Crippen LogP contribution in [0, 0.1) is 0 Å². The molecule has 0 aliphatic rings. The number of aromatic nitrogens is 1. The molecular weight excluding hydrogens is 202 g/mol. The standard InChI is InChI=1S/C12H21N3O/c1-13-10-11-9-12(5-6-14-11)15(2)7-4-8-16-3/h5-6,9,13H,4,7-8,10H2,1-3H3. The number of rotatable bonds is 7.